The molecule has 0 spiro atoms. The third-order valence-corrected chi connectivity index (χ3v) is 7.44. The van der Waals surface area contributed by atoms with Gasteiger partial charge >= 0.3 is 5.69 Å². The van der Waals surface area contributed by atoms with Crippen LogP contribution in [-0.2, 0) is 20.2 Å². The Hall–Kier alpha value is -2.98. The number of benzene rings is 2. The summed E-state index contributed by atoms with van der Waals surface area (Å²) in [7, 11) is -2.66. The molecule has 1 fully saturated rings. The molecule has 1 heterocycles. The Morgan fingerprint density at radius 1 is 1.06 bits per heavy atom. The van der Waals surface area contributed by atoms with Crippen molar-refractivity contribution in [3.05, 3.63) is 64.2 Å². The van der Waals surface area contributed by atoms with Crippen LogP contribution in [0.4, 0.5) is 5.69 Å². The molecule has 3 rings (SSSR count). The van der Waals surface area contributed by atoms with Crippen molar-refractivity contribution in [3.63, 3.8) is 0 Å². The minimum absolute atomic E-state index is 0.0116. The molecular weight excluding hydrogens is 422 g/mol. The molecule has 1 aliphatic rings. The molecule has 10 heteroatoms. The number of carbonyl (C=O) groups is 1. The lowest BCUT2D eigenvalue weighted by Gasteiger charge is -2.38. The predicted molar refractivity (Wildman–Crippen MR) is 114 cm³/mol. The van der Waals surface area contributed by atoms with Gasteiger partial charge in [-0.05, 0) is 31.5 Å². The van der Waals surface area contributed by atoms with Gasteiger partial charge in [0.05, 0.1) is 22.3 Å². The number of rotatable bonds is 6. The number of piperazine rings is 1. The van der Waals surface area contributed by atoms with Crippen molar-refractivity contribution in [3.8, 4) is 5.75 Å². The number of nitrogens with zero attached hydrogens (tertiary/aromatic N) is 3. The van der Waals surface area contributed by atoms with E-state index in [4.69, 9.17) is 4.74 Å². The highest BCUT2D eigenvalue weighted by molar-refractivity contribution is 7.89. The normalized spacial score (nSPS) is 15.5. The van der Waals surface area contributed by atoms with Crippen LogP contribution in [0.15, 0.2) is 53.4 Å². The highest BCUT2D eigenvalue weighted by atomic mass is 32.2. The highest BCUT2D eigenvalue weighted by Crippen LogP contribution is 2.31. The monoisotopic (exact) mass is 447 g/mol. The molecule has 166 valence electrons. The lowest BCUT2D eigenvalue weighted by molar-refractivity contribution is -0.386. The van der Waals surface area contributed by atoms with Gasteiger partial charge in [-0.3, -0.25) is 14.9 Å². The Bertz CT molecular complexity index is 1080. The van der Waals surface area contributed by atoms with E-state index in [-0.39, 0.29) is 42.7 Å². The molecule has 0 N–H and O–H groups in total. The molecule has 31 heavy (non-hydrogen) atoms. The van der Waals surface area contributed by atoms with Crippen molar-refractivity contribution in [1.82, 2.24) is 9.21 Å². The van der Waals surface area contributed by atoms with E-state index in [0.717, 1.165) is 11.6 Å². The van der Waals surface area contributed by atoms with Gasteiger partial charge in [0.2, 0.25) is 15.9 Å². The van der Waals surface area contributed by atoms with Crippen molar-refractivity contribution in [1.29, 1.82) is 0 Å². The van der Waals surface area contributed by atoms with Crippen molar-refractivity contribution in [2.75, 3.05) is 33.3 Å². The summed E-state index contributed by atoms with van der Waals surface area (Å²) in [4.78, 5) is 25.1. The molecule has 0 bridgehead atoms. The summed E-state index contributed by atoms with van der Waals surface area (Å²) >= 11 is 0. The topological polar surface area (TPSA) is 110 Å². The Morgan fingerprint density at radius 2 is 1.68 bits per heavy atom. The molecule has 9 nitrogen and oxygen atoms in total. The van der Waals surface area contributed by atoms with Gasteiger partial charge < -0.3 is 9.64 Å². The third kappa shape index (κ3) is 4.40. The molecule has 0 saturated carbocycles. The average molecular weight is 448 g/mol. The smallest absolute Gasteiger partial charge is 0.312 e. The summed E-state index contributed by atoms with van der Waals surface area (Å²) < 4.78 is 32.2. The zero-order valence-electron chi connectivity index (χ0n) is 17.6. The van der Waals surface area contributed by atoms with Gasteiger partial charge in [0.25, 0.3) is 0 Å². The van der Waals surface area contributed by atoms with Crippen molar-refractivity contribution >= 4 is 21.6 Å². The first-order valence-corrected chi connectivity index (χ1v) is 11.2. The van der Waals surface area contributed by atoms with E-state index >= 15 is 0 Å². The van der Waals surface area contributed by atoms with Gasteiger partial charge in [-0.25, -0.2) is 8.42 Å². The molecule has 2 aromatic carbocycles. The van der Waals surface area contributed by atoms with E-state index < -0.39 is 26.0 Å². The van der Waals surface area contributed by atoms with Crippen LogP contribution in [-0.4, -0.2) is 61.7 Å². The fourth-order valence-corrected chi connectivity index (χ4v) is 5.07. The maximum Gasteiger partial charge on any atom is 0.312 e. The summed E-state index contributed by atoms with van der Waals surface area (Å²) in [5.41, 5.74) is -0.263. The quantitative estimate of drug-likeness (QED) is 0.497. The zero-order valence-corrected chi connectivity index (χ0v) is 18.5. The van der Waals surface area contributed by atoms with Gasteiger partial charge in [0.1, 0.15) is 0 Å². The number of carbonyl (C=O) groups excluding carboxylic acids is 1. The highest BCUT2D eigenvalue weighted by Gasteiger charge is 2.37. The van der Waals surface area contributed by atoms with E-state index in [9.17, 15) is 23.3 Å². The van der Waals surface area contributed by atoms with Crippen molar-refractivity contribution in [2.45, 2.75) is 24.2 Å². The fourth-order valence-electron chi connectivity index (χ4n) is 3.63. The summed E-state index contributed by atoms with van der Waals surface area (Å²) in [6, 6.07) is 13.0. The number of hydrogen-bond donors (Lipinski definition) is 0. The summed E-state index contributed by atoms with van der Waals surface area (Å²) in [6.07, 6.45) is 0. The van der Waals surface area contributed by atoms with Crippen LogP contribution in [0, 0.1) is 10.1 Å². The number of nitro groups is 1. The molecule has 0 aromatic heterocycles. The summed E-state index contributed by atoms with van der Waals surface area (Å²) in [6.45, 7) is 4.41. The SMILES string of the molecule is COc1ccc(S(=O)(=O)N2CCN(C(=O)C(C)(C)c3ccccc3)CC2)cc1[N+](=O)[O-]. The van der Waals surface area contributed by atoms with E-state index in [0.29, 0.717) is 0 Å². The molecule has 2 aromatic rings. The van der Waals surface area contributed by atoms with Gasteiger partial charge in [-0.1, -0.05) is 30.3 Å². The Balaban J connectivity index is 1.75. The van der Waals surface area contributed by atoms with Crippen LogP contribution in [0.1, 0.15) is 19.4 Å². The molecule has 1 amide bonds. The predicted octanol–water partition coefficient (Wildman–Crippen LogP) is 2.41. The Labute approximate surface area is 181 Å². The molecule has 0 radical (unpaired) electrons. The number of hydrogen-bond acceptors (Lipinski definition) is 6. The molecule has 0 unspecified atom stereocenters. The lowest BCUT2D eigenvalue weighted by atomic mass is 9.83. The zero-order chi connectivity index (χ0) is 22.8. The van der Waals surface area contributed by atoms with Crippen LogP contribution in [0.2, 0.25) is 0 Å². The van der Waals surface area contributed by atoms with Crippen LogP contribution in [0.25, 0.3) is 0 Å². The molecule has 1 saturated heterocycles. The second-order valence-corrected chi connectivity index (χ2v) is 9.72. The Morgan fingerprint density at radius 3 is 2.23 bits per heavy atom. The van der Waals surface area contributed by atoms with Crippen molar-refractivity contribution in [2.24, 2.45) is 0 Å². The largest absolute Gasteiger partial charge is 0.490 e. The summed E-state index contributed by atoms with van der Waals surface area (Å²) in [5.74, 6) is -0.0849. The van der Waals surface area contributed by atoms with E-state index in [1.165, 1.54) is 23.5 Å². The lowest BCUT2D eigenvalue weighted by Crippen LogP contribution is -2.54. The number of nitro benzene ring substituents is 1. The first kappa shape index (κ1) is 22.7. The Kier molecular flexibility index (Phi) is 6.33. The number of ether oxygens (including phenoxy) is 1. The molecule has 0 aliphatic carbocycles. The first-order chi connectivity index (χ1) is 14.6. The average Bonchev–Trinajstić information content (AvgIpc) is 2.78. The third-order valence-electron chi connectivity index (χ3n) is 5.54. The standard InChI is InChI=1S/C21H25N3O6S/c1-21(2,16-7-5-4-6-8-16)20(25)22-11-13-23(14-12-22)31(28,29)17-9-10-19(30-3)18(15-17)24(26)27/h4-10,15H,11-14H2,1-3H3. The van der Waals surface area contributed by atoms with Gasteiger partial charge in [-0.2, -0.15) is 4.31 Å². The van der Waals surface area contributed by atoms with Gasteiger partial charge in [0, 0.05) is 32.2 Å². The van der Waals surface area contributed by atoms with E-state index in [1.54, 1.807) is 4.90 Å². The number of sulfonamides is 1. The second kappa shape index (κ2) is 8.64. The molecular formula is C21H25N3O6S. The number of amides is 1. The minimum Gasteiger partial charge on any atom is -0.490 e. The maximum atomic E-state index is 13.1. The number of methoxy groups -OCH3 is 1. The molecule has 0 atom stereocenters. The van der Waals surface area contributed by atoms with Crippen LogP contribution < -0.4 is 4.74 Å². The van der Waals surface area contributed by atoms with E-state index in [2.05, 4.69) is 0 Å². The van der Waals surface area contributed by atoms with E-state index in [1.807, 2.05) is 44.2 Å². The van der Waals surface area contributed by atoms with Gasteiger partial charge in [0.15, 0.2) is 5.75 Å². The second-order valence-electron chi connectivity index (χ2n) is 7.78. The molecule has 1 aliphatic heterocycles. The maximum absolute atomic E-state index is 13.1. The fraction of sp³-hybridized carbons (Fsp3) is 0.381. The van der Waals surface area contributed by atoms with Gasteiger partial charge in [-0.15, -0.1) is 0 Å². The van der Waals surface area contributed by atoms with Crippen LogP contribution in [0.3, 0.4) is 0 Å². The summed E-state index contributed by atoms with van der Waals surface area (Å²) in [5, 5.41) is 11.2. The minimum atomic E-state index is -3.94. The first-order valence-electron chi connectivity index (χ1n) is 9.76. The van der Waals surface area contributed by atoms with Crippen LogP contribution in [0.5, 0.6) is 5.75 Å². The van der Waals surface area contributed by atoms with Crippen LogP contribution >= 0.6 is 0 Å². The van der Waals surface area contributed by atoms with Crippen molar-refractivity contribution < 1.29 is 22.9 Å².